The molecule has 0 spiro atoms. The molecular weight excluding hydrogens is 410 g/mol. The monoisotopic (exact) mass is 437 g/mol. The summed E-state index contributed by atoms with van der Waals surface area (Å²) in [6.45, 7) is 2.63. The van der Waals surface area contributed by atoms with Crippen LogP contribution in [0.2, 0.25) is 0 Å². The third-order valence-electron chi connectivity index (χ3n) is 6.54. The van der Waals surface area contributed by atoms with Gasteiger partial charge in [-0.3, -0.25) is 4.79 Å². The normalized spacial score (nSPS) is 15.4. The number of amides is 1. The summed E-state index contributed by atoms with van der Waals surface area (Å²) in [7, 11) is 3.27. The van der Waals surface area contributed by atoms with Crippen LogP contribution in [0.25, 0.3) is 10.8 Å². The fourth-order valence-corrected chi connectivity index (χ4v) is 4.81. The van der Waals surface area contributed by atoms with Crippen LogP contribution >= 0.6 is 0 Å². The molecule has 4 aromatic carbocycles. The minimum absolute atomic E-state index is 0.0623. The highest BCUT2D eigenvalue weighted by Crippen LogP contribution is 2.45. The number of aryl methyl sites for hydroxylation is 1. The Morgan fingerprint density at radius 2 is 1.64 bits per heavy atom. The second-order valence-corrected chi connectivity index (χ2v) is 8.56. The van der Waals surface area contributed by atoms with Crippen LogP contribution < -0.4 is 14.4 Å². The zero-order valence-corrected chi connectivity index (χ0v) is 19.2. The highest BCUT2D eigenvalue weighted by Gasteiger charge is 2.34. The fourth-order valence-electron chi connectivity index (χ4n) is 4.81. The molecule has 0 radical (unpaired) electrons. The number of methoxy groups -OCH3 is 2. The summed E-state index contributed by atoms with van der Waals surface area (Å²) in [4.78, 5) is 15.4. The van der Waals surface area contributed by atoms with Gasteiger partial charge in [0.15, 0.2) is 11.5 Å². The molecule has 0 aromatic heterocycles. The van der Waals surface area contributed by atoms with E-state index in [9.17, 15) is 4.79 Å². The van der Waals surface area contributed by atoms with E-state index in [0.717, 1.165) is 16.8 Å². The van der Waals surface area contributed by atoms with Gasteiger partial charge in [0.2, 0.25) is 5.91 Å². The van der Waals surface area contributed by atoms with E-state index >= 15 is 0 Å². The van der Waals surface area contributed by atoms with Gasteiger partial charge in [-0.1, -0.05) is 66.2 Å². The van der Waals surface area contributed by atoms with Crippen LogP contribution in [-0.4, -0.2) is 20.1 Å². The minimum atomic E-state index is -0.0623. The summed E-state index contributed by atoms with van der Waals surface area (Å²) in [6, 6.07) is 27.0. The zero-order valence-electron chi connectivity index (χ0n) is 19.2. The highest BCUT2D eigenvalue weighted by molar-refractivity contribution is 6.03. The van der Waals surface area contributed by atoms with E-state index < -0.39 is 0 Å². The molecule has 1 aliphatic heterocycles. The van der Waals surface area contributed by atoms with Gasteiger partial charge in [0.1, 0.15) is 0 Å². The number of anilines is 1. The Kier molecular flexibility index (Phi) is 5.51. The Morgan fingerprint density at radius 3 is 2.39 bits per heavy atom. The number of benzene rings is 4. The fraction of sp³-hybridized carbons (Fsp3) is 0.207. The van der Waals surface area contributed by atoms with Crippen LogP contribution in [-0.2, 0) is 11.3 Å². The first-order valence-electron chi connectivity index (χ1n) is 11.2. The van der Waals surface area contributed by atoms with Crippen molar-refractivity contribution in [2.45, 2.75) is 25.8 Å². The summed E-state index contributed by atoms with van der Waals surface area (Å²) < 4.78 is 11.0. The second-order valence-electron chi connectivity index (χ2n) is 8.56. The highest BCUT2D eigenvalue weighted by atomic mass is 16.5. The Bertz CT molecular complexity index is 1330. The molecule has 166 valence electrons. The van der Waals surface area contributed by atoms with E-state index in [-0.39, 0.29) is 11.8 Å². The summed E-state index contributed by atoms with van der Waals surface area (Å²) in [5, 5.41) is 2.35. The molecule has 0 N–H and O–H groups in total. The van der Waals surface area contributed by atoms with Crippen molar-refractivity contribution < 1.29 is 14.3 Å². The second kappa shape index (κ2) is 8.62. The maximum absolute atomic E-state index is 13.5. The lowest BCUT2D eigenvalue weighted by Gasteiger charge is -2.35. The van der Waals surface area contributed by atoms with E-state index in [1.807, 2.05) is 23.1 Å². The van der Waals surface area contributed by atoms with Crippen molar-refractivity contribution in [2.24, 2.45) is 0 Å². The molecule has 4 heteroatoms. The molecule has 1 atom stereocenters. The zero-order chi connectivity index (χ0) is 22.9. The number of carbonyl (C=O) groups is 1. The molecule has 4 aromatic rings. The van der Waals surface area contributed by atoms with Crippen molar-refractivity contribution in [3.63, 3.8) is 0 Å². The molecular formula is C29H27NO3. The Balaban J connectivity index is 1.66. The topological polar surface area (TPSA) is 38.8 Å². The predicted octanol–water partition coefficient (Wildman–Crippen LogP) is 6.23. The van der Waals surface area contributed by atoms with Gasteiger partial charge in [0, 0.05) is 18.0 Å². The van der Waals surface area contributed by atoms with Crippen molar-refractivity contribution in [3.05, 3.63) is 101 Å². The average Bonchev–Trinajstić information content (AvgIpc) is 2.85. The molecule has 33 heavy (non-hydrogen) atoms. The molecule has 1 aliphatic rings. The van der Waals surface area contributed by atoms with E-state index in [1.54, 1.807) is 14.2 Å². The van der Waals surface area contributed by atoms with Crippen molar-refractivity contribution in [3.8, 4) is 11.5 Å². The van der Waals surface area contributed by atoms with Crippen LogP contribution in [0.3, 0.4) is 0 Å². The first kappa shape index (κ1) is 21.1. The van der Waals surface area contributed by atoms with Gasteiger partial charge in [-0.2, -0.15) is 0 Å². The van der Waals surface area contributed by atoms with Crippen molar-refractivity contribution in [1.82, 2.24) is 0 Å². The smallest absolute Gasteiger partial charge is 0.228 e. The standard InChI is InChI=1S/C29H27NO3/c1-19-8-10-20(11-9-19)18-30-25-14-12-21-6-4-5-7-23(21)29(25)24(17-28(30)31)22-13-15-26(32-2)27(16-22)33-3/h4-16,24H,17-18H2,1-3H3. The Hall–Kier alpha value is -3.79. The lowest BCUT2D eigenvalue weighted by molar-refractivity contribution is -0.119. The molecule has 1 unspecified atom stereocenters. The molecule has 0 saturated heterocycles. The Morgan fingerprint density at radius 1 is 0.879 bits per heavy atom. The van der Waals surface area contributed by atoms with Crippen LogP contribution in [0.4, 0.5) is 5.69 Å². The average molecular weight is 438 g/mol. The molecule has 4 nitrogen and oxygen atoms in total. The van der Waals surface area contributed by atoms with Crippen molar-refractivity contribution in [2.75, 3.05) is 19.1 Å². The number of carbonyl (C=O) groups excluding carboxylic acids is 1. The predicted molar refractivity (Wildman–Crippen MR) is 132 cm³/mol. The van der Waals surface area contributed by atoms with Gasteiger partial charge in [-0.25, -0.2) is 0 Å². The molecule has 1 heterocycles. The van der Waals surface area contributed by atoms with Crippen LogP contribution in [0.1, 0.15) is 34.6 Å². The lowest BCUT2D eigenvalue weighted by Crippen LogP contribution is -2.36. The SMILES string of the molecule is COc1ccc(C2CC(=O)N(Cc3ccc(C)cc3)c3ccc4ccccc4c32)cc1OC. The van der Waals surface area contributed by atoms with Gasteiger partial charge >= 0.3 is 0 Å². The minimum Gasteiger partial charge on any atom is -0.493 e. The molecule has 0 aliphatic carbocycles. The van der Waals surface area contributed by atoms with E-state index in [0.29, 0.717) is 24.5 Å². The van der Waals surface area contributed by atoms with Gasteiger partial charge < -0.3 is 14.4 Å². The van der Waals surface area contributed by atoms with Gasteiger partial charge in [-0.15, -0.1) is 0 Å². The first-order valence-corrected chi connectivity index (χ1v) is 11.2. The first-order chi connectivity index (χ1) is 16.1. The molecule has 1 amide bonds. The summed E-state index contributed by atoms with van der Waals surface area (Å²) in [5.74, 6) is 1.42. The molecule has 0 fully saturated rings. The van der Waals surface area contributed by atoms with Gasteiger partial charge in [0.05, 0.1) is 20.8 Å². The number of hydrogen-bond donors (Lipinski definition) is 0. The number of ether oxygens (including phenoxy) is 2. The summed E-state index contributed by atoms with van der Waals surface area (Å²) in [5.41, 5.74) is 5.55. The van der Waals surface area contributed by atoms with E-state index in [1.165, 1.54) is 21.9 Å². The van der Waals surface area contributed by atoms with Crippen LogP contribution in [0, 0.1) is 6.92 Å². The summed E-state index contributed by atoms with van der Waals surface area (Å²) in [6.07, 6.45) is 0.405. The van der Waals surface area contributed by atoms with Crippen molar-refractivity contribution in [1.29, 1.82) is 0 Å². The van der Waals surface area contributed by atoms with Gasteiger partial charge in [-0.05, 0) is 52.6 Å². The Labute approximate surface area is 194 Å². The third kappa shape index (κ3) is 3.82. The van der Waals surface area contributed by atoms with Crippen LogP contribution in [0.5, 0.6) is 11.5 Å². The van der Waals surface area contributed by atoms with Crippen molar-refractivity contribution >= 4 is 22.4 Å². The molecule has 5 rings (SSSR count). The van der Waals surface area contributed by atoms with Gasteiger partial charge in [0.25, 0.3) is 0 Å². The number of rotatable bonds is 5. The molecule has 0 saturated carbocycles. The largest absolute Gasteiger partial charge is 0.493 e. The number of nitrogens with zero attached hydrogens (tertiary/aromatic N) is 1. The molecule has 0 bridgehead atoms. The summed E-state index contributed by atoms with van der Waals surface area (Å²) >= 11 is 0. The van der Waals surface area contributed by atoms with E-state index in [2.05, 4.69) is 67.6 Å². The maximum atomic E-state index is 13.5. The third-order valence-corrected chi connectivity index (χ3v) is 6.54. The number of hydrogen-bond acceptors (Lipinski definition) is 3. The van der Waals surface area contributed by atoms with E-state index in [4.69, 9.17) is 9.47 Å². The lowest BCUT2D eigenvalue weighted by atomic mass is 9.81. The quantitative estimate of drug-likeness (QED) is 0.371. The maximum Gasteiger partial charge on any atom is 0.228 e. The van der Waals surface area contributed by atoms with Crippen LogP contribution in [0.15, 0.2) is 78.9 Å². The number of fused-ring (bicyclic) bond motifs is 3.